The minimum absolute atomic E-state index is 0.0460. The van der Waals surface area contributed by atoms with Gasteiger partial charge in [0.2, 0.25) is 0 Å². The van der Waals surface area contributed by atoms with E-state index in [1.165, 1.54) is 29.2 Å². The van der Waals surface area contributed by atoms with Crippen LogP contribution in [0.25, 0.3) is 0 Å². The summed E-state index contributed by atoms with van der Waals surface area (Å²) in [6, 6.07) is 8.75. The zero-order valence-electron chi connectivity index (χ0n) is 22.3. The summed E-state index contributed by atoms with van der Waals surface area (Å²) in [5, 5.41) is 18.0. The molecule has 38 heavy (non-hydrogen) atoms. The number of carbonyl (C=O) groups is 3. The van der Waals surface area contributed by atoms with E-state index in [1.54, 1.807) is 37.1 Å². The summed E-state index contributed by atoms with van der Waals surface area (Å²) in [7, 11) is 1.66. The first-order chi connectivity index (χ1) is 18.0. The second-order valence-corrected chi connectivity index (χ2v) is 9.88. The van der Waals surface area contributed by atoms with Gasteiger partial charge in [-0.2, -0.15) is 0 Å². The van der Waals surface area contributed by atoms with Crippen LogP contribution in [0.15, 0.2) is 42.5 Å². The standard InChI is InChI=1S/C27H36FN5O5/c1-16(2)29-27(37)32(5)14-23-17(3)13-33(18(4)15-34)25(35)21-7-6-8-22(24(21)38-23)31-26(36)30-20-11-9-19(28)10-12-20/h6-12,16-18,23,34H,13-15H2,1-5H3,(H,29,37)(H2,30,31,36)/t17-,18+,23-/m0/s1. The number of aliphatic hydroxyl groups excluding tert-OH is 1. The van der Waals surface area contributed by atoms with Crippen molar-refractivity contribution in [2.45, 2.75) is 45.9 Å². The first-order valence-corrected chi connectivity index (χ1v) is 12.6. The maximum absolute atomic E-state index is 13.6. The van der Waals surface area contributed by atoms with Gasteiger partial charge in [0.1, 0.15) is 11.9 Å². The van der Waals surface area contributed by atoms with Gasteiger partial charge in [-0.25, -0.2) is 14.0 Å². The van der Waals surface area contributed by atoms with E-state index in [1.807, 2.05) is 20.8 Å². The van der Waals surface area contributed by atoms with Gasteiger partial charge in [0.15, 0.2) is 5.75 Å². The van der Waals surface area contributed by atoms with Crippen molar-refractivity contribution in [2.24, 2.45) is 5.92 Å². The van der Waals surface area contributed by atoms with E-state index in [0.717, 1.165) is 0 Å². The van der Waals surface area contributed by atoms with Gasteiger partial charge < -0.3 is 35.6 Å². The number of carbonyl (C=O) groups excluding carboxylic acids is 3. The Morgan fingerprint density at radius 2 is 1.84 bits per heavy atom. The van der Waals surface area contributed by atoms with Crippen molar-refractivity contribution < 1.29 is 28.6 Å². The molecule has 0 aromatic heterocycles. The lowest BCUT2D eigenvalue weighted by atomic mass is 9.99. The van der Waals surface area contributed by atoms with Crippen LogP contribution in [-0.4, -0.2) is 77.8 Å². The lowest BCUT2D eigenvalue weighted by Crippen LogP contribution is -2.51. The molecule has 0 fully saturated rings. The van der Waals surface area contributed by atoms with Crippen LogP contribution < -0.4 is 20.7 Å². The summed E-state index contributed by atoms with van der Waals surface area (Å²) in [6.45, 7) is 7.68. The number of aliphatic hydroxyl groups is 1. The van der Waals surface area contributed by atoms with Crippen LogP contribution in [0, 0.1) is 11.7 Å². The van der Waals surface area contributed by atoms with Gasteiger partial charge in [-0.1, -0.05) is 13.0 Å². The molecule has 1 heterocycles. The number of anilines is 2. The summed E-state index contributed by atoms with van der Waals surface area (Å²) < 4.78 is 19.6. The van der Waals surface area contributed by atoms with Crippen LogP contribution in [0.5, 0.6) is 5.75 Å². The average molecular weight is 530 g/mol. The number of nitrogens with one attached hydrogen (secondary N) is 3. The average Bonchev–Trinajstić information content (AvgIpc) is 2.86. The molecule has 0 spiro atoms. The molecule has 3 rings (SSSR count). The fourth-order valence-corrected chi connectivity index (χ4v) is 4.09. The fraction of sp³-hybridized carbons (Fsp3) is 0.444. The van der Waals surface area contributed by atoms with Crippen molar-refractivity contribution >= 4 is 29.3 Å². The molecule has 0 aliphatic carbocycles. The molecular weight excluding hydrogens is 493 g/mol. The van der Waals surface area contributed by atoms with Gasteiger partial charge in [-0.15, -0.1) is 0 Å². The molecule has 2 aromatic carbocycles. The molecule has 1 aliphatic heterocycles. The quantitative estimate of drug-likeness (QED) is 0.435. The third kappa shape index (κ3) is 7.12. The molecule has 206 valence electrons. The number of rotatable bonds is 7. The molecule has 0 unspecified atom stereocenters. The molecule has 0 bridgehead atoms. The Kier molecular flexibility index (Phi) is 9.51. The maximum atomic E-state index is 13.6. The number of ether oxygens (including phenoxy) is 1. The zero-order chi connectivity index (χ0) is 28.0. The first kappa shape index (κ1) is 28.7. The first-order valence-electron chi connectivity index (χ1n) is 12.6. The van der Waals surface area contributed by atoms with E-state index >= 15 is 0 Å². The van der Waals surface area contributed by atoms with E-state index in [0.29, 0.717) is 12.2 Å². The molecule has 0 saturated heterocycles. The maximum Gasteiger partial charge on any atom is 0.323 e. The van der Waals surface area contributed by atoms with Crippen molar-refractivity contribution in [1.82, 2.24) is 15.1 Å². The molecular formula is C27H36FN5O5. The Hall–Kier alpha value is -3.86. The van der Waals surface area contributed by atoms with Crippen LogP contribution in [0.4, 0.5) is 25.4 Å². The van der Waals surface area contributed by atoms with Gasteiger partial charge in [-0.05, 0) is 57.2 Å². The predicted molar refractivity (Wildman–Crippen MR) is 143 cm³/mol. The van der Waals surface area contributed by atoms with Gasteiger partial charge in [-0.3, -0.25) is 4.79 Å². The van der Waals surface area contributed by atoms with E-state index < -0.39 is 24.0 Å². The van der Waals surface area contributed by atoms with Gasteiger partial charge in [0.05, 0.1) is 30.4 Å². The molecule has 0 radical (unpaired) electrons. The predicted octanol–water partition coefficient (Wildman–Crippen LogP) is 3.74. The molecule has 2 aromatic rings. The van der Waals surface area contributed by atoms with Crippen LogP contribution in [-0.2, 0) is 0 Å². The lowest BCUT2D eigenvalue weighted by molar-refractivity contribution is 0.0368. The number of fused-ring (bicyclic) bond motifs is 1. The molecule has 5 amide bonds. The number of amides is 5. The van der Waals surface area contributed by atoms with Crippen LogP contribution >= 0.6 is 0 Å². The number of urea groups is 2. The number of para-hydroxylation sites is 1. The van der Waals surface area contributed by atoms with Gasteiger partial charge >= 0.3 is 12.1 Å². The molecule has 10 nitrogen and oxygen atoms in total. The third-order valence-electron chi connectivity index (χ3n) is 6.25. The highest BCUT2D eigenvalue weighted by atomic mass is 19.1. The van der Waals surface area contributed by atoms with Crippen molar-refractivity contribution in [2.75, 3.05) is 37.4 Å². The smallest absolute Gasteiger partial charge is 0.323 e. The number of nitrogens with zero attached hydrogens (tertiary/aromatic N) is 2. The fourth-order valence-electron chi connectivity index (χ4n) is 4.09. The van der Waals surface area contributed by atoms with E-state index in [9.17, 15) is 23.9 Å². The summed E-state index contributed by atoms with van der Waals surface area (Å²) >= 11 is 0. The van der Waals surface area contributed by atoms with Crippen LogP contribution in [0.2, 0.25) is 0 Å². The molecule has 4 N–H and O–H groups in total. The van der Waals surface area contributed by atoms with E-state index in [2.05, 4.69) is 16.0 Å². The SMILES string of the molecule is CC(C)NC(=O)N(C)C[C@@H]1Oc2c(NC(=O)Nc3ccc(F)cc3)cccc2C(=O)N([C@H](C)CO)C[C@@H]1C. The number of hydrogen-bond donors (Lipinski definition) is 4. The highest BCUT2D eigenvalue weighted by Gasteiger charge is 2.35. The molecule has 3 atom stereocenters. The van der Waals surface area contributed by atoms with Crippen molar-refractivity contribution in [3.8, 4) is 5.75 Å². The minimum atomic E-state index is -0.610. The topological polar surface area (TPSA) is 123 Å². The van der Waals surface area contributed by atoms with Crippen molar-refractivity contribution in [1.29, 1.82) is 0 Å². The molecule has 0 saturated carbocycles. The second kappa shape index (κ2) is 12.6. The Morgan fingerprint density at radius 1 is 1.16 bits per heavy atom. The third-order valence-corrected chi connectivity index (χ3v) is 6.25. The number of likely N-dealkylation sites (N-methyl/N-ethyl adjacent to an activating group) is 1. The minimum Gasteiger partial charge on any atom is -0.485 e. The van der Waals surface area contributed by atoms with E-state index in [-0.39, 0.29) is 54.1 Å². The lowest BCUT2D eigenvalue weighted by Gasteiger charge is -2.38. The molecule has 11 heteroatoms. The van der Waals surface area contributed by atoms with Crippen LogP contribution in [0.1, 0.15) is 38.1 Å². The molecule has 1 aliphatic rings. The zero-order valence-corrected chi connectivity index (χ0v) is 22.3. The Balaban J connectivity index is 1.95. The van der Waals surface area contributed by atoms with Crippen molar-refractivity contribution in [3.63, 3.8) is 0 Å². The summed E-state index contributed by atoms with van der Waals surface area (Å²) in [5.74, 6) is -0.839. The van der Waals surface area contributed by atoms with Crippen LogP contribution in [0.3, 0.4) is 0 Å². The second-order valence-electron chi connectivity index (χ2n) is 9.88. The van der Waals surface area contributed by atoms with Gasteiger partial charge in [0.25, 0.3) is 5.91 Å². The largest absolute Gasteiger partial charge is 0.485 e. The Labute approximate surface area is 222 Å². The van der Waals surface area contributed by atoms with Crippen molar-refractivity contribution in [3.05, 3.63) is 53.8 Å². The summed E-state index contributed by atoms with van der Waals surface area (Å²) in [6.07, 6.45) is -0.540. The number of halogens is 1. The monoisotopic (exact) mass is 529 g/mol. The van der Waals surface area contributed by atoms with E-state index in [4.69, 9.17) is 4.74 Å². The highest BCUT2D eigenvalue weighted by Crippen LogP contribution is 2.35. The summed E-state index contributed by atoms with van der Waals surface area (Å²) in [4.78, 5) is 42.0. The highest BCUT2D eigenvalue weighted by molar-refractivity contribution is 6.04. The van der Waals surface area contributed by atoms with Gasteiger partial charge in [0, 0.05) is 31.2 Å². The number of benzene rings is 2. The summed E-state index contributed by atoms with van der Waals surface area (Å²) in [5.41, 5.74) is 0.850. The Morgan fingerprint density at radius 3 is 2.47 bits per heavy atom. The number of hydrogen-bond acceptors (Lipinski definition) is 5. The Bertz CT molecular complexity index is 1140. The normalized spacial score (nSPS) is 18.0.